The SMILES string of the molecule is O=C1C(=O)C(C2CCC(C(F)(F)F)CC2)C(=O)c2ccccc21. The second kappa shape index (κ2) is 5.58. The van der Waals surface area contributed by atoms with Gasteiger partial charge in [0.1, 0.15) is 0 Å². The first-order valence-corrected chi connectivity index (χ1v) is 7.59. The normalized spacial score (nSPS) is 28.7. The first-order chi connectivity index (χ1) is 10.8. The number of carbonyl (C=O) groups is 3. The van der Waals surface area contributed by atoms with Crippen molar-refractivity contribution < 1.29 is 27.6 Å². The minimum atomic E-state index is -4.24. The molecule has 1 unspecified atom stereocenters. The highest BCUT2D eigenvalue weighted by Gasteiger charge is 2.48. The molecule has 1 saturated carbocycles. The van der Waals surface area contributed by atoms with E-state index in [2.05, 4.69) is 0 Å². The Hall–Kier alpha value is -1.98. The van der Waals surface area contributed by atoms with Crippen molar-refractivity contribution >= 4 is 17.3 Å². The molecule has 0 heterocycles. The molecule has 3 rings (SSSR count). The van der Waals surface area contributed by atoms with Gasteiger partial charge in [-0.1, -0.05) is 24.3 Å². The Labute approximate surface area is 130 Å². The van der Waals surface area contributed by atoms with Gasteiger partial charge in [-0.15, -0.1) is 0 Å². The van der Waals surface area contributed by atoms with Gasteiger partial charge in [0.15, 0.2) is 5.78 Å². The van der Waals surface area contributed by atoms with Gasteiger partial charge in [-0.2, -0.15) is 13.2 Å². The van der Waals surface area contributed by atoms with Gasteiger partial charge in [-0.3, -0.25) is 14.4 Å². The van der Waals surface area contributed by atoms with Crippen molar-refractivity contribution in [3.05, 3.63) is 35.4 Å². The lowest BCUT2D eigenvalue weighted by Gasteiger charge is -2.34. The molecule has 0 aromatic heterocycles. The van der Waals surface area contributed by atoms with Crippen LogP contribution in [0.3, 0.4) is 0 Å². The molecular formula is C17H15F3O3. The quantitative estimate of drug-likeness (QED) is 0.585. The Morgan fingerprint density at radius 3 is 1.96 bits per heavy atom. The highest BCUT2D eigenvalue weighted by atomic mass is 19.4. The van der Waals surface area contributed by atoms with Crippen molar-refractivity contribution in [2.75, 3.05) is 0 Å². The van der Waals surface area contributed by atoms with E-state index in [-0.39, 0.29) is 36.8 Å². The Morgan fingerprint density at radius 2 is 1.39 bits per heavy atom. The fourth-order valence-corrected chi connectivity index (χ4v) is 3.66. The summed E-state index contributed by atoms with van der Waals surface area (Å²) in [5.41, 5.74) is 0.308. The van der Waals surface area contributed by atoms with Gasteiger partial charge in [0.05, 0.1) is 11.8 Å². The monoisotopic (exact) mass is 324 g/mol. The third-order valence-electron chi connectivity index (χ3n) is 4.93. The number of ketones is 3. The molecule has 0 spiro atoms. The minimum absolute atomic E-state index is 0.0962. The predicted octanol–water partition coefficient (Wildman–Crippen LogP) is 3.62. The van der Waals surface area contributed by atoms with Crippen molar-refractivity contribution in [1.82, 2.24) is 0 Å². The summed E-state index contributed by atoms with van der Waals surface area (Å²) in [6.45, 7) is 0. The third kappa shape index (κ3) is 2.71. The molecule has 0 aliphatic heterocycles. The van der Waals surface area contributed by atoms with Crippen LogP contribution in [0.5, 0.6) is 0 Å². The molecule has 0 saturated heterocycles. The zero-order valence-electron chi connectivity index (χ0n) is 12.2. The second-order valence-corrected chi connectivity index (χ2v) is 6.23. The van der Waals surface area contributed by atoms with Crippen LogP contribution in [0.2, 0.25) is 0 Å². The van der Waals surface area contributed by atoms with Crippen LogP contribution >= 0.6 is 0 Å². The Morgan fingerprint density at radius 1 is 0.826 bits per heavy atom. The van der Waals surface area contributed by atoms with Gasteiger partial charge in [-0.25, -0.2) is 0 Å². The van der Waals surface area contributed by atoms with E-state index in [0.717, 1.165) is 0 Å². The Bertz CT molecular complexity index is 670. The maximum atomic E-state index is 12.7. The zero-order chi connectivity index (χ0) is 16.8. The number of alkyl halides is 3. The summed E-state index contributed by atoms with van der Waals surface area (Å²) in [6.07, 6.45) is -4.15. The molecule has 0 amide bonds. The predicted molar refractivity (Wildman–Crippen MR) is 75.1 cm³/mol. The van der Waals surface area contributed by atoms with E-state index < -0.39 is 41.3 Å². The molecule has 0 radical (unpaired) electrons. The van der Waals surface area contributed by atoms with Crippen molar-refractivity contribution in [3.8, 4) is 0 Å². The van der Waals surface area contributed by atoms with E-state index in [1.807, 2.05) is 0 Å². The van der Waals surface area contributed by atoms with Gasteiger partial charge in [0.2, 0.25) is 11.6 Å². The highest BCUT2D eigenvalue weighted by molar-refractivity contribution is 6.51. The number of carbonyl (C=O) groups excluding carboxylic acids is 3. The highest BCUT2D eigenvalue weighted by Crippen LogP contribution is 2.43. The van der Waals surface area contributed by atoms with Crippen LogP contribution in [0.1, 0.15) is 46.4 Å². The van der Waals surface area contributed by atoms with Gasteiger partial charge in [0, 0.05) is 11.1 Å². The average Bonchev–Trinajstić information content (AvgIpc) is 2.53. The fourth-order valence-electron chi connectivity index (χ4n) is 3.66. The summed E-state index contributed by atoms with van der Waals surface area (Å²) in [4.78, 5) is 37.0. The molecule has 3 nitrogen and oxygen atoms in total. The van der Waals surface area contributed by atoms with Crippen LogP contribution in [-0.2, 0) is 4.79 Å². The van der Waals surface area contributed by atoms with E-state index in [9.17, 15) is 27.6 Å². The number of rotatable bonds is 1. The van der Waals surface area contributed by atoms with E-state index in [0.29, 0.717) is 0 Å². The summed E-state index contributed by atoms with van der Waals surface area (Å²) in [5.74, 6) is -4.89. The van der Waals surface area contributed by atoms with Crippen LogP contribution in [-0.4, -0.2) is 23.5 Å². The molecule has 122 valence electrons. The van der Waals surface area contributed by atoms with Crippen LogP contribution in [0.15, 0.2) is 24.3 Å². The second-order valence-electron chi connectivity index (χ2n) is 6.23. The van der Waals surface area contributed by atoms with Gasteiger partial charge in [-0.05, 0) is 31.6 Å². The average molecular weight is 324 g/mol. The Kier molecular flexibility index (Phi) is 3.86. The maximum Gasteiger partial charge on any atom is 0.391 e. The van der Waals surface area contributed by atoms with Gasteiger partial charge >= 0.3 is 6.18 Å². The van der Waals surface area contributed by atoms with Crippen LogP contribution < -0.4 is 0 Å². The fraction of sp³-hybridized carbons (Fsp3) is 0.471. The van der Waals surface area contributed by atoms with E-state index in [1.165, 1.54) is 12.1 Å². The van der Waals surface area contributed by atoms with Crippen LogP contribution in [0, 0.1) is 17.8 Å². The molecule has 6 heteroatoms. The molecular weight excluding hydrogens is 309 g/mol. The summed E-state index contributed by atoms with van der Waals surface area (Å²) in [5, 5.41) is 0. The number of Topliss-reactive ketones (excluding diaryl/α,β-unsaturated/α-hetero) is 3. The molecule has 2 aliphatic carbocycles. The van der Waals surface area contributed by atoms with Crippen molar-refractivity contribution in [2.45, 2.75) is 31.9 Å². The standard InChI is InChI=1S/C17H15F3O3/c18-17(19,20)10-7-5-9(6-8-10)13-14(21)11-3-1-2-4-12(11)15(22)16(13)23/h1-4,9-10,13H,5-8H2. The van der Waals surface area contributed by atoms with Crippen molar-refractivity contribution in [2.24, 2.45) is 17.8 Å². The first kappa shape index (κ1) is 15.9. The molecule has 1 atom stereocenters. The molecule has 23 heavy (non-hydrogen) atoms. The van der Waals surface area contributed by atoms with Crippen LogP contribution in [0.4, 0.5) is 13.2 Å². The van der Waals surface area contributed by atoms with Gasteiger partial charge in [0.25, 0.3) is 0 Å². The number of hydrogen-bond donors (Lipinski definition) is 0. The van der Waals surface area contributed by atoms with Crippen molar-refractivity contribution in [1.29, 1.82) is 0 Å². The van der Waals surface area contributed by atoms with Crippen molar-refractivity contribution in [3.63, 3.8) is 0 Å². The van der Waals surface area contributed by atoms with Gasteiger partial charge < -0.3 is 0 Å². The van der Waals surface area contributed by atoms with E-state index in [4.69, 9.17) is 0 Å². The number of fused-ring (bicyclic) bond motifs is 1. The number of hydrogen-bond acceptors (Lipinski definition) is 3. The molecule has 1 aromatic carbocycles. The lowest BCUT2D eigenvalue weighted by molar-refractivity contribution is -0.184. The Balaban J connectivity index is 1.83. The minimum Gasteiger partial charge on any atom is -0.293 e. The molecule has 0 N–H and O–H groups in total. The third-order valence-corrected chi connectivity index (χ3v) is 4.93. The number of benzene rings is 1. The largest absolute Gasteiger partial charge is 0.391 e. The lowest BCUT2D eigenvalue weighted by atomic mass is 9.68. The molecule has 1 fully saturated rings. The smallest absolute Gasteiger partial charge is 0.293 e. The molecule has 2 aliphatic rings. The summed E-state index contributed by atoms with van der Waals surface area (Å²) < 4.78 is 38.2. The summed E-state index contributed by atoms with van der Waals surface area (Å²) in [6, 6.07) is 6.12. The zero-order valence-corrected chi connectivity index (χ0v) is 12.2. The summed E-state index contributed by atoms with van der Waals surface area (Å²) >= 11 is 0. The van der Waals surface area contributed by atoms with Crippen LogP contribution in [0.25, 0.3) is 0 Å². The van der Waals surface area contributed by atoms with E-state index >= 15 is 0 Å². The maximum absolute atomic E-state index is 12.7. The summed E-state index contributed by atoms with van der Waals surface area (Å²) in [7, 11) is 0. The molecule has 1 aromatic rings. The topological polar surface area (TPSA) is 51.2 Å². The lowest BCUT2D eigenvalue weighted by Crippen LogP contribution is -2.43. The number of halogens is 3. The molecule has 0 bridgehead atoms. The van der Waals surface area contributed by atoms with E-state index in [1.54, 1.807) is 12.1 Å². The first-order valence-electron chi connectivity index (χ1n) is 7.59.